The number of nitrogens with zero attached hydrogens (tertiary/aromatic N) is 4. The summed E-state index contributed by atoms with van der Waals surface area (Å²) in [5.41, 5.74) is 2.85. The van der Waals surface area contributed by atoms with Crippen LogP contribution in [0.2, 0.25) is 0 Å². The molecule has 4 aromatic carbocycles. The Bertz CT molecular complexity index is 2460. The lowest BCUT2D eigenvalue weighted by molar-refractivity contribution is 0.0206. The van der Waals surface area contributed by atoms with E-state index in [2.05, 4.69) is 20.0 Å². The van der Waals surface area contributed by atoms with Gasteiger partial charge in [-0.15, -0.1) is 0 Å². The van der Waals surface area contributed by atoms with Gasteiger partial charge in [0.25, 0.3) is 10.0 Å². The van der Waals surface area contributed by atoms with Crippen molar-refractivity contribution in [1.82, 2.24) is 19.9 Å². The zero-order chi connectivity index (χ0) is 38.7. The van der Waals surface area contributed by atoms with Crippen LogP contribution >= 0.6 is 0 Å². The third kappa shape index (κ3) is 8.52. The van der Waals surface area contributed by atoms with Gasteiger partial charge in [-0.1, -0.05) is 54.6 Å². The molecule has 11 nitrogen and oxygen atoms in total. The molecule has 2 aromatic heterocycles. The van der Waals surface area contributed by atoms with Gasteiger partial charge in [0.1, 0.15) is 17.2 Å². The van der Waals surface area contributed by atoms with Crippen molar-refractivity contribution in [3.63, 3.8) is 0 Å². The second-order valence-corrected chi connectivity index (χ2v) is 16.0. The Morgan fingerprint density at radius 1 is 0.873 bits per heavy atom. The van der Waals surface area contributed by atoms with E-state index in [0.29, 0.717) is 46.8 Å². The number of rotatable bonds is 9. The first kappa shape index (κ1) is 37.2. The highest BCUT2D eigenvalue weighted by atomic mass is 32.2. The lowest BCUT2D eigenvalue weighted by atomic mass is 10.0. The first-order chi connectivity index (χ1) is 26.3. The molecule has 13 heteroatoms. The van der Waals surface area contributed by atoms with Gasteiger partial charge < -0.3 is 19.7 Å². The van der Waals surface area contributed by atoms with Crippen molar-refractivity contribution in [2.24, 2.45) is 0 Å². The Morgan fingerprint density at radius 3 is 2.38 bits per heavy atom. The molecule has 1 fully saturated rings. The van der Waals surface area contributed by atoms with Crippen molar-refractivity contribution >= 4 is 38.5 Å². The summed E-state index contributed by atoms with van der Waals surface area (Å²) in [6.07, 6.45) is 4.50. The van der Waals surface area contributed by atoms with Gasteiger partial charge in [0.05, 0.1) is 21.8 Å². The second-order valence-electron chi connectivity index (χ2n) is 14.4. The van der Waals surface area contributed by atoms with E-state index in [1.807, 2.05) is 64.1 Å². The number of pyridine rings is 1. The summed E-state index contributed by atoms with van der Waals surface area (Å²) in [6, 6.07) is 27.4. The van der Waals surface area contributed by atoms with Gasteiger partial charge in [-0.2, -0.15) is 0 Å². The highest BCUT2D eigenvalue weighted by Gasteiger charge is 2.28. The lowest BCUT2D eigenvalue weighted by Gasteiger charge is -2.34. The van der Waals surface area contributed by atoms with E-state index in [4.69, 9.17) is 14.5 Å². The SMILES string of the molecule is Cc1ccc2c(NS(=O)(=O)c3ccc(-c4ccccc4)cc3)c(F)ccc2c1Oc1ncccc1-c1ccnc(N[C@H]2CCCN(C(=O)OC(C)(C)C)C2)n1. The van der Waals surface area contributed by atoms with Crippen molar-refractivity contribution in [3.8, 4) is 34.0 Å². The molecule has 7 rings (SSSR count). The molecule has 1 amide bonds. The van der Waals surface area contributed by atoms with Gasteiger partial charge in [0.2, 0.25) is 11.8 Å². The molecule has 6 aromatic rings. The van der Waals surface area contributed by atoms with Gasteiger partial charge >= 0.3 is 6.09 Å². The van der Waals surface area contributed by atoms with Crippen LogP contribution in [-0.2, 0) is 14.8 Å². The van der Waals surface area contributed by atoms with Crippen LogP contribution in [-0.4, -0.2) is 59.1 Å². The zero-order valence-corrected chi connectivity index (χ0v) is 31.7. The van der Waals surface area contributed by atoms with E-state index < -0.39 is 21.4 Å². The minimum atomic E-state index is -4.17. The number of aromatic nitrogens is 3. The quantitative estimate of drug-likeness (QED) is 0.148. The number of likely N-dealkylation sites (tertiary alicyclic amines) is 1. The van der Waals surface area contributed by atoms with Crippen LogP contribution in [0.15, 0.2) is 114 Å². The molecule has 1 aliphatic rings. The number of ether oxygens (including phenoxy) is 2. The van der Waals surface area contributed by atoms with Crippen LogP contribution in [0.1, 0.15) is 39.2 Å². The number of halogens is 1. The Labute approximate surface area is 319 Å². The minimum absolute atomic E-state index is 0.00661. The number of carbonyl (C=O) groups excluding carboxylic acids is 1. The number of nitrogens with one attached hydrogen (secondary N) is 2. The summed E-state index contributed by atoms with van der Waals surface area (Å²) in [4.78, 5) is 28.1. The number of hydrogen-bond acceptors (Lipinski definition) is 9. The lowest BCUT2D eigenvalue weighted by Crippen LogP contribution is -2.47. The molecular weight excluding hydrogens is 720 g/mol. The molecule has 0 spiro atoms. The molecular formula is C42H41FN6O5S. The van der Waals surface area contributed by atoms with Crippen molar-refractivity contribution in [1.29, 1.82) is 0 Å². The van der Waals surface area contributed by atoms with Crippen LogP contribution in [0, 0.1) is 12.7 Å². The maximum Gasteiger partial charge on any atom is 0.410 e. The number of benzene rings is 4. The van der Waals surface area contributed by atoms with Crippen LogP contribution in [0.4, 0.5) is 20.8 Å². The van der Waals surface area contributed by atoms with E-state index >= 15 is 4.39 Å². The Kier molecular flexibility index (Phi) is 10.4. The first-order valence-electron chi connectivity index (χ1n) is 18.0. The van der Waals surface area contributed by atoms with Crippen molar-refractivity contribution in [2.75, 3.05) is 23.1 Å². The fourth-order valence-corrected chi connectivity index (χ4v) is 7.55. The van der Waals surface area contributed by atoms with E-state index in [1.165, 1.54) is 18.2 Å². The standard InChI is InChI=1S/C42H41FN6O5S/c1-27-14-19-32-33(20-21-35(43)37(32)48-55(51,52)31-17-15-29(16-18-31)28-10-6-5-7-11-28)38(27)53-39-34(13-8-23-44-39)36-22-24-45-40(47-36)46-30-12-9-25-49(26-30)41(50)54-42(2,3)4/h5-8,10-11,13-24,30,48H,9,12,25-26H2,1-4H3,(H,45,46,47)/t30-/m0/s1. The predicted octanol–water partition coefficient (Wildman–Crippen LogP) is 9.21. The minimum Gasteiger partial charge on any atom is -0.444 e. The number of sulfonamides is 1. The Balaban J connectivity index is 1.14. The number of fused-ring (bicyclic) bond motifs is 1. The number of hydrogen-bond donors (Lipinski definition) is 2. The van der Waals surface area contributed by atoms with Crippen molar-refractivity contribution in [2.45, 2.75) is 57.1 Å². The highest BCUT2D eigenvalue weighted by Crippen LogP contribution is 2.40. The molecule has 3 heterocycles. The topological polar surface area (TPSA) is 136 Å². The molecule has 1 aliphatic heterocycles. The van der Waals surface area contributed by atoms with Crippen molar-refractivity contribution < 1.29 is 27.1 Å². The number of piperidine rings is 1. The first-order valence-corrected chi connectivity index (χ1v) is 19.4. The second kappa shape index (κ2) is 15.3. The van der Waals surface area contributed by atoms with Gasteiger partial charge in [0, 0.05) is 42.3 Å². The molecule has 2 N–H and O–H groups in total. The number of carbonyl (C=O) groups is 1. The fraction of sp³-hybridized carbons (Fsp3) is 0.238. The van der Waals surface area contributed by atoms with Crippen LogP contribution in [0.25, 0.3) is 33.2 Å². The van der Waals surface area contributed by atoms with Gasteiger partial charge in [-0.3, -0.25) is 4.72 Å². The van der Waals surface area contributed by atoms with E-state index in [-0.39, 0.29) is 28.6 Å². The average molecular weight is 761 g/mol. The fourth-order valence-electron chi connectivity index (χ4n) is 6.46. The van der Waals surface area contributed by atoms with E-state index in [0.717, 1.165) is 29.5 Å². The third-order valence-electron chi connectivity index (χ3n) is 9.11. The summed E-state index contributed by atoms with van der Waals surface area (Å²) in [7, 11) is -4.17. The average Bonchev–Trinajstić information content (AvgIpc) is 3.17. The van der Waals surface area contributed by atoms with Gasteiger partial charge in [-0.05, 0) is 99.7 Å². The highest BCUT2D eigenvalue weighted by molar-refractivity contribution is 7.92. The Morgan fingerprint density at radius 2 is 1.62 bits per heavy atom. The summed E-state index contributed by atoms with van der Waals surface area (Å²) in [5.74, 6) is 0.258. The van der Waals surface area contributed by atoms with E-state index in [1.54, 1.807) is 59.8 Å². The summed E-state index contributed by atoms with van der Waals surface area (Å²) in [5, 5.41) is 4.16. The number of anilines is 2. The Hall–Kier alpha value is -6.08. The molecule has 0 bridgehead atoms. The molecule has 55 heavy (non-hydrogen) atoms. The molecule has 0 aliphatic carbocycles. The normalized spacial score (nSPS) is 14.7. The zero-order valence-electron chi connectivity index (χ0n) is 30.9. The smallest absolute Gasteiger partial charge is 0.410 e. The summed E-state index contributed by atoms with van der Waals surface area (Å²) < 4.78 is 57.2. The van der Waals surface area contributed by atoms with Crippen molar-refractivity contribution in [3.05, 3.63) is 121 Å². The molecule has 1 saturated heterocycles. The van der Waals surface area contributed by atoms with Crippen LogP contribution in [0.3, 0.4) is 0 Å². The van der Waals surface area contributed by atoms with E-state index in [9.17, 15) is 13.2 Å². The van der Waals surface area contributed by atoms with Crippen LogP contribution < -0.4 is 14.8 Å². The number of aryl methyl sites for hydroxylation is 1. The predicted molar refractivity (Wildman–Crippen MR) is 211 cm³/mol. The molecule has 0 saturated carbocycles. The summed E-state index contributed by atoms with van der Waals surface area (Å²) >= 11 is 0. The summed E-state index contributed by atoms with van der Waals surface area (Å²) in [6.45, 7) is 8.44. The molecule has 1 atom stereocenters. The molecule has 282 valence electrons. The third-order valence-corrected chi connectivity index (χ3v) is 10.5. The van der Waals surface area contributed by atoms with Crippen LogP contribution in [0.5, 0.6) is 11.6 Å². The largest absolute Gasteiger partial charge is 0.444 e. The maximum atomic E-state index is 15.5. The maximum absolute atomic E-state index is 15.5. The van der Waals surface area contributed by atoms with Gasteiger partial charge in [-0.25, -0.2) is 32.6 Å². The number of amides is 1. The molecule has 0 radical (unpaired) electrons. The molecule has 0 unspecified atom stereocenters. The monoisotopic (exact) mass is 760 g/mol. The van der Waals surface area contributed by atoms with Gasteiger partial charge in [0.15, 0.2) is 0 Å².